The van der Waals surface area contributed by atoms with E-state index in [1.807, 2.05) is 30.0 Å². The summed E-state index contributed by atoms with van der Waals surface area (Å²) in [5, 5.41) is 0.854. The molecule has 1 aromatic carbocycles. The zero-order chi connectivity index (χ0) is 19.8. The Kier molecular flexibility index (Phi) is 5.18. The summed E-state index contributed by atoms with van der Waals surface area (Å²) in [6.45, 7) is 6.67. The van der Waals surface area contributed by atoms with Gasteiger partial charge < -0.3 is 14.4 Å². The Hall–Kier alpha value is -2.12. The number of hydrogen-bond acceptors (Lipinski definition) is 6. The van der Waals surface area contributed by atoms with Gasteiger partial charge in [0.2, 0.25) is 0 Å². The zero-order valence-electron chi connectivity index (χ0n) is 16.9. The minimum atomic E-state index is 0.120. The molecule has 1 aliphatic carbocycles. The van der Waals surface area contributed by atoms with E-state index in [9.17, 15) is 4.79 Å². The molecule has 1 saturated carbocycles. The SMILES string of the molecule is Cc1nc(-c2ccc3c(c2)OCCO3)sc1C(=O)N1CCN(C2CCCC2)CC1. The highest BCUT2D eigenvalue weighted by atomic mass is 32.1. The molecular formula is C22H27N3O3S. The third-order valence-electron chi connectivity index (χ3n) is 6.22. The van der Waals surface area contributed by atoms with Crippen molar-refractivity contribution in [2.24, 2.45) is 0 Å². The van der Waals surface area contributed by atoms with Crippen molar-refractivity contribution in [2.75, 3.05) is 39.4 Å². The van der Waals surface area contributed by atoms with Gasteiger partial charge in [-0.1, -0.05) is 12.8 Å². The van der Waals surface area contributed by atoms with Crippen molar-refractivity contribution in [3.63, 3.8) is 0 Å². The third-order valence-corrected chi connectivity index (χ3v) is 7.42. The summed E-state index contributed by atoms with van der Waals surface area (Å²) in [4.78, 5) is 23.2. The lowest BCUT2D eigenvalue weighted by molar-refractivity contribution is 0.0577. The fraction of sp³-hybridized carbons (Fsp3) is 0.545. The van der Waals surface area contributed by atoms with Crippen LogP contribution in [0.3, 0.4) is 0 Å². The van der Waals surface area contributed by atoms with Crippen molar-refractivity contribution < 1.29 is 14.3 Å². The van der Waals surface area contributed by atoms with Gasteiger partial charge in [0.15, 0.2) is 11.5 Å². The minimum absolute atomic E-state index is 0.120. The number of piperazine rings is 1. The van der Waals surface area contributed by atoms with Gasteiger partial charge in [-0.05, 0) is 38.0 Å². The van der Waals surface area contributed by atoms with Crippen LogP contribution in [0.2, 0.25) is 0 Å². The molecule has 1 amide bonds. The summed E-state index contributed by atoms with van der Waals surface area (Å²) in [5.41, 5.74) is 1.77. The average molecular weight is 414 g/mol. The number of benzene rings is 1. The Bertz CT molecular complexity index is 899. The van der Waals surface area contributed by atoms with E-state index in [4.69, 9.17) is 9.47 Å². The Morgan fingerprint density at radius 3 is 2.55 bits per heavy atom. The second-order valence-corrected chi connectivity index (χ2v) is 9.06. The van der Waals surface area contributed by atoms with Crippen LogP contribution in [0.5, 0.6) is 11.5 Å². The molecule has 3 heterocycles. The fourth-order valence-electron chi connectivity index (χ4n) is 4.60. The summed E-state index contributed by atoms with van der Waals surface area (Å²) in [6.07, 6.45) is 5.35. The molecule has 0 unspecified atom stereocenters. The molecule has 5 rings (SSSR count). The van der Waals surface area contributed by atoms with E-state index in [1.54, 1.807) is 0 Å². The standard InChI is InChI=1S/C22H27N3O3S/c1-15-20(22(26)25-10-8-24(9-11-25)17-4-2-3-5-17)29-21(23-15)16-6-7-18-19(14-16)28-13-12-27-18/h6-7,14,17H,2-5,8-13H2,1H3. The topological polar surface area (TPSA) is 54.9 Å². The molecule has 1 saturated heterocycles. The number of aromatic nitrogens is 1. The molecular weight excluding hydrogens is 386 g/mol. The first kappa shape index (κ1) is 18.9. The Labute approximate surface area is 175 Å². The first-order chi connectivity index (χ1) is 14.2. The van der Waals surface area contributed by atoms with E-state index >= 15 is 0 Å². The quantitative estimate of drug-likeness (QED) is 0.770. The van der Waals surface area contributed by atoms with Crippen LogP contribution in [0.4, 0.5) is 0 Å². The number of rotatable bonds is 3. The van der Waals surface area contributed by atoms with Gasteiger partial charge in [0.25, 0.3) is 5.91 Å². The zero-order valence-corrected chi connectivity index (χ0v) is 17.7. The third kappa shape index (κ3) is 3.73. The van der Waals surface area contributed by atoms with Gasteiger partial charge in [-0.3, -0.25) is 9.69 Å². The van der Waals surface area contributed by atoms with Crippen molar-refractivity contribution in [1.29, 1.82) is 0 Å². The van der Waals surface area contributed by atoms with Crippen molar-refractivity contribution >= 4 is 17.2 Å². The average Bonchev–Trinajstić information content (AvgIpc) is 3.43. The highest BCUT2D eigenvalue weighted by Crippen LogP contribution is 2.37. The van der Waals surface area contributed by atoms with E-state index in [1.165, 1.54) is 37.0 Å². The van der Waals surface area contributed by atoms with Gasteiger partial charge in [0, 0.05) is 37.8 Å². The molecule has 29 heavy (non-hydrogen) atoms. The Morgan fingerprint density at radius 2 is 1.79 bits per heavy atom. The number of carbonyl (C=O) groups is 1. The predicted octanol–water partition coefficient (Wildman–Crippen LogP) is 3.59. The smallest absolute Gasteiger partial charge is 0.265 e. The van der Waals surface area contributed by atoms with Crippen molar-refractivity contribution in [3.05, 3.63) is 28.8 Å². The molecule has 2 aromatic rings. The van der Waals surface area contributed by atoms with Crippen LogP contribution in [-0.2, 0) is 0 Å². The minimum Gasteiger partial charge on any atom is -0.486 e. The lowest BCUT2D eigenvalue weighted by Crippen LogP contribution is -2.51. The van der Waals surface area contributed by atoms with E-state index in [0.717, 1.165) is 64.9 Å². The monoisotopic (exact) mass is 413 g/mol. The number of fused-ring (bicyclic) bond motifs is 1. The molecule has 2 aliphatic heterocycles. The number of aryl methyl sites for hydroxylation is 1. The van der Waals surface area contributed by atoms with Crippen molar-refractivity contribution in [2.45, 2.75) is 38.6 Å². The van der Waals surface area contributed by atoms with Crippen LogP contribution in [-0.4, -0.2) is 66.1 Å². The largest absolute Gasteiger partial charge is 0.486 e. The maximum Gasteiger partial charge on any atom is 0.265 e. The van der Waals surface area contributed by atoms with Gasteiger partial charge in [0.05, 0.1) is 5.69 Å². The normalized spacial score (nSPS) is 20.2. The van der Waals surface area contributed by atoms with Crippen LogP contribution in [0.15, 0.2) is 18.2 Å². The molecule has 7 heteroatoms. The number of hydrogen-bond donors (Lipinski definition) is 0. The lowest BCUT2D eigenvalue weighted by Gasteiger charge is -2.37. The van der Waals surface area contributed by atoms with Crippen LogP contribution >= 0.6 is 11.3 Å². The van der Waals surface area contributed by atoms with Gasteiger partial charge in [-0.2, -0.15) is 0 Å². The lowest BCUT2D eigenvalue weighted by atomic mass is 10.1. The maximum absolute atomic E-state index is 13.2. The summed E-state index contributed by atoms with van der Waals surface area (Å²) in [6, 6.07) is 6.60. The molecule has 1 aromatic heterocycles. The van der Waals surface area contributed by atoms with Gasteiger partial charge >= 0.3 is 0 Å². The second kappa shape index (κ2) is 7.95. The fourth-order valence-corrected chi connectivity index (χ4v) is 5.63. The summed E-state index contributed by atoms with van der Waals surface area (Å²) < 4.78 is 11.3. The number of thiazole rings is 1. The maximum atomic E-state index is 13.2. The summed E-state index contributed by atoms with van der Waals surface area (Å²) in [5.74, 6) is 1.64. The van der Waals surface area contributed by atoms with Crippen molar-refractivity contribution in [1.82, 2.24) is 14.8 Å². The first-order valence-corrected chi connectivity index (χ1v) is 11.4. The molecule has 154 valence electrons. The number of ether oxygens (including phenoxy) is 2. The van der Waals surface area contributed by atoms with E-state index in [2.05, 4.69) is 9.88 Å². The second-order valence-electron chi connectivity index (χ2n) is 8.06. The number of nitrogens with zero attached hydrogens (tertiary/aromatic N) is 3. The molecule has 0 radical (unpaired) electrons. The van der Waals surface area contributed by atoms with Crippen LogP contribution in [0, 0.1) is 6.92 Å². The Morgan fingerprint density at radius 1 is 1.07 bits per heavy atom. The van der Waals surface area contributed by atoms with Crippen molar-refractivity contribution in [3.8, 4) is 22.1 Å². The predicted molar refractivity (Wildman–Crippen MR) is 113 cm³/mol. The molecule has 0 spiro atoms. The molecule has 0 atom stereocenters. The van der Waals surface area contributed by atoms with E-state index in [-0.39, 0.29) is 5.91 Å². The molecule has 0 N–H and O–H groups in total. The van der Waals surface area contributed by atoms with Crippen LogP contribution < -0.4 is 9.47 Å². The van der Waals surface area contributed by atoms with E-state index < -0.39 is 0 Å². The summed E-state index contributed by atoms with van der Waals surface area (Å²) >= 11 is 1.48. The highest BCUT2D eigenvalue weighted by molar-refractivity contribution is 7.17. The van der Waals surface area contributed by atoms with Crippen LogP contribution in [0.1, 0.15) is 41.0 Å². The number of carbonyl (C=O) groups excluding carboxylic acids is 1. The van der Waals surface area contributed by atoms with Gasteiger partial charge in [-0.15, -0.1) is 11.3 Å². The first-order valence-electron chi connectivity index (χ1n) is 10.6. The summed E-state index contributed by atoms with van der Waals surface area (Å²) in [7, 11) is 0. The molecule has 6 nitrogen and oxygen atoms in total. The Balaban J connectivity index is 1.29. The van der Waals surface area contributed by atoms with Gasteiger partial charge in [-0.25, -0.2) is 4.98 Å². The van der Waals surface area contributed by atoms with Crippen LogP contribution in [0.25, 0.3) is 10.6 Å². The molecule has 2 fully saturated rings. The van der Waals surface area contributed by atoms with E-state index in [0.29, 0.717) is 13.2 Å². The highest BCUT2D eigenvalue weighted by Gasteiger charge is 2.30. The van der Waals surface area contributed by atoms with Gasteiger partial charge in [0.1, 0.15) is 23.1 Å². The molecule has 3 aliphatic rings. The molecule has 0 bridgehead atoms. The number of amides is 1.